The maximum atomic E-state index is 10.6. The van der Waals surface area contributed by atoms with Gasteiger partial charge in [-0.05, 0) is 12.0 Å². The molecular weight excluding hydrogens is 256 g/mol. The van der Waals surface area contributed by atoms with Crippen molar-refractivity contribution in [2.24, 2.45) is 4.99 Å². The van der Waals surface area contributed by atoms with E-state index in [2.05, 4.69) is 22.1 Å². The summed E-state index contributed by atoms with van der Waals surface area (Å²) >= 11 is 0. The summed E-state index contributed by atoms with van der Waals surface area (Å²) in [6, 6.07) is 6.54. The van der Waals surface area contributed by atoms with Gasteiger partial charge in [-0.1, -0.05) is 25.5 Å². The van der Waals surface area contributed by atoms with E-state index in [0.717, 1.165) is 30.9 Å². The second-order valence-corrected chi connectivity index (χ2v) is 4.60. The molecule has 0 heterocycles. The lowest BCUT2D eigenvalue weighted by molar-refractivity contribution is -0.384. The average molecular weight is 278 g/mol. The summed E-state index contributed by atoms with van der Waals surface area (Å²) in [6.45, 7) is 3.71. The molecule has 0 atom stereocenters. The third-order valence-electron chi connectivity index (χ3n) is 3.02. The molecule has 0 saturated carbocycles. The van der Waals surface area contributed by atoms with Crippen LogP contribution in [0.2, 0.25) is 0 Å². The van der Waals surface area contributed by atoms with Gasteiger partial charge in [0, 0.05) is 39.3 Å². The molecule has 0 aliphatic carbocycles. The molecule has 1 aromatic carbocycles. The lowest BCUT2D eigenvalue weighted by Crippen LogP contribution is -2.38. The lowest BCUT2D eigenvalue weighted by Gasteiger charge is -2.21. The smallest absolute Gasteiger partial charge is 0.269 e. The highest BCUT2D eigenvalue weighted by atomic mass is 16.6. The Hall–Kier alpha value is -2.11. The van der Waals surface area contributed by atoms with Gasteiger partial charge in [0.15, 0.2) is 5.96 Å². The van der Waals surface area contributed by atoms with Gasteiger partial charge in [-0.3, -0.25) is 15.1 Å². The molecule has 0 unspecified atom stereocenters. The van der Waals surface area contributed by atoms with Crippen LogP contribution < -0.4 is 5.32 Å². The first-order valence-corrected chi connectivity index (χ1v) is 6.73. The summed E-state index contributed by atoms with van der Waals surface area (Å²) in [5.41, 5.74) is 1.10. The maximum Gasteiger partial charge on any atom is 0.269 e. The average Bonchev–Trinajstić information content (AvgIpc) is 2.46. The van der Waals surface area contributed by atoms with Crippen molar-refractivity contribution < 1.29 is 4.92 Å². The first-order chi connectivity index (χ1) is 9.58. The molecular formula is C14H22N4O2. The topological polar surface area (TPSA) is 70.8 Å². The molecule has 110 valence electrons. The molecule has 0 saturated heterocycles. The lowest BCUT2D eigenvalue weighted by atomic mass is 10.2. The first-order valence-electron chi connectivity index (χ1n) is 6.73. The summed E-state index contributed by atoms with van der Waals surface area (Å²) in [7, 11) is 3.75. The van der Waals surface area contributed by atoms with Crippen LogP contribution in [0.25, 0.3) is 0 Å². The molecule has 6 nitrogen and oxygen atoms in total. The zero-order valence-electron chi connectivity index (χ0n) is 12.3. The Morgan fingerprint density at radius 2 is 2.05 bits per heavy atom. The second-order valence-electron chi connectivity index (χ2n) is 4.60. The van der Waals surface area contributed by atoms with Gasteiger partial charge in [-0.2, -0.15) is 0 Å². The van der Waals surface area contributed by atoms with Crippen molar-refractivity contribution in [1.29, 1.82) is 0 Å². The molecule has 0 aromatic heterocycles. The van der Waals surface area contributed by atoms with E-state index in [1.54, 1.807) is 19.2 Å². The standard InChI is InChI=1S/C14H22N4O2/c1-4-5-10-17(3)14(15-2)16-11-12-6-8-13(9-7-12)18(19)20/h6-9H,4-5,10-11H2,1-3H3,(H,15,16). The highest BCUT2D eigenvalue weighted by Crippen LogP contribution is 2.11. The fourth-order valence-electron chi connectivity index (χ4n) is 1.80. The van der Waals surface area contributed by atoms with E-state index in [1.807, 2.05) is 7.05 Å². The van der Waals surface area contributed by atoms with Gasteiger partial charge in [0.05, 0.1) is 4.92 Å². The van der Waals surface area contributed by atoms with E-state index in [4.69, 9.17) is 0 Å². The van der Waals surface area contributed by atoms with Crippen molar-refractivity contribution in [1.82, 2.24) is 10.2 Å². The molecule has 0 spiro atoms. The number of non-ortho nitro benzene ring substituents is 1. The highest BCUT2D eigenvalue weighted by Gasteiger charge is 2.06. The molecule has 1 rings (SSSR count). The number of benzene rings is 1. The fourth-order valence-corrected chi connectivity index (χ4v) is 1.80. The Bertz CT molecular complexity index is 457. The minimum Gasteiger partial charge on any atom is -0.352 e. The van der Waals surface area contributed by atoms with E-state index in [9.17, 15) is 10.1 Å². The molecule has 20 heavy (non-hydrogen) atoms. The van der Waals surface area contributed by atoms with Crippen molar-refractivity contribution in [2.75, 3.05) is 20.6 Å². The van der Waals surface area contributed by atoms with Crippen LogP contribution in [0.5, 0.6) is 0 Å². The van der Waals surface area contributed by atoms with Gasteiger partial charge < -0.3 is 10.2 Å². The third kappa shape index (κ3) is 4.87. The van der Waals surface area contributed by atoms with Crippen LogP contribution in [0.1, 0.15) is 25.3 Å². The number of hydrogen-bond donors (Lipinski definition) is 1. The Kier molecular flexibility index (Phi) is 6.49. The van der Waals surface area contributed by atoms with Gasteiger partial charge in [0.2, 0.25) is 0 Å². The molecule has 0 aliphatic heterocycles. The van der Waals surface area contributed by atoms with Crippen molar-refractivity contribution in [3.05, 3.63) is 39.9 Å². The quantitative estimate of drug-likeness (QED) is 0.375. The van der Waals surface area contributed by atoms with Crippen LogP contribution in [-0.4, -0.2) is 36.4 Å². The number of nitro benzene ring substituents is 1. The van der Waals surface area contributed by atoms with E-state index in [-0.39, 0.29) is 5.69 Å². The van der Waals surface area contributed by atoms with Gasteiger partial charge in [-0.15, -0.1) is 0 Å². The SMILES string of the molecule is CCCCN(C)C(=NC)NCc1ccc([N+](=O)[O-])cc1. The number of hydrogen-bond acceptors (Lipinski definition) is 3. The summed E-state index contributed by atoms with van der Waals surface area (Å²) < 4.78 is 0. The molecule has 0 aliphatic rings. The second kappa shape index (κ2) is 8.14. The molecule has 1 N–H and O–H groups in total. The number of aliphatic imine (C=N–C) groups is 1. The Morgan fingerprint density at radius 3 is 2.55 bits per heavy atom. The predicted octanol–water partition coefficient (Wildman–Crippen LogP) is 2.40. The van der Waals surface area contributed by atoms with Gasteiger partial charge >= 0.3 is 0 Å². The Balaban J connectivity index is 2.54. The van der Waals surface area contributed by atoms with E-state index < -0.39 is 4.92 Å². The summed E-state index contributed by atoms with van der Waals surface area (Å²) in [5, 5.41) is 13.8. The monoisotopic (exact) mass is 278 g/mol. The third-order valence-corrected chi connectivity index (χ3v) is 3.02. The largest absolute Gasteiger partial charge is 0.352 e. The summed E-state index contributed by atoms with van der Waals surface area (Å²) in [6.07, 6.45) is 2.26. The number of guanidine groups is 1. The predicted molar refractivity (Wildman–Crippen MR) is 80.8 cm³/mol. The van der Waals surface area contributed by atoms with Crippen molar-refractivity contribution >= 4 is 11.6 Å². The molecule has 0 amide bonds. The number of rotatable bonds is 6. The first kappa shape index (κ1) is 15.9. The minimum atomic E-state index is -0.394. The Morgan fingerprint density at radius 1 is 1.40 bits per heavy atom. The van der Waals surface area contributed by atoms with Crippen LogP contribution in [-0.2, 0) is 6.54 Å². The number of nitrogens with one attached hydrogen (secondary N) is 1. The van der Waals surface area contributed by atoms with Crippen molar-refractivity contribution in [2.45, 2.75) is 26.3 Å². The zero-order chi connectivity index (χ0) is 15.0. The van der Waals surface area contributed by atoms with Crippen LogP contribution in [0.15, 0.2) is 29.3 Å². The van der Waals surface area contributed by atoms with Crippen LogP contribution in [0.4, 0.5) is 5.69 Å². The maximum absolute atomic E-state index is 10.6. The van der Waals surface area contributed by atoms with E-state index in [1.165, 1.54) is 12.1 Å². The molecule has 0 fully saturated rings. The summed E-state index contributed by atoms with van der Waals surface area (Å²) in [5.74, 6) is 0.830. The molecule has 6 heteroatoms. The fraction of sp³-hybridized carbons (Fsp3) is 0.500. The zero-order valence-corrected chi connectivity index (χ0v) is 12.3. The molecule has 0 radical (unpaired) electrons. The normalized spacial score (nSPS) is 11.2. The van der Waals surface area contributed by atoms with Crippen molar-refractivity contribution in [3.8, 4) is 0 Å². The Labute approximate surface area is 119 Å². The summed E-state index contributed by atoms with van der Waals surface area (Å²) in [4.78, 5) is 16.5. The van der Waals surface area contributed by atoms with E-state index in [0.29, 0.717) is 6.54 Å². The highest BCUT2D eigenvalue weighted by molar-refractivity contribution is 5.79. The van der Waals surface area contributed by atoms with E-state index >= 15 is 0 Å². The van der Waals surface area contributed by atoms with Gasteiger partial charge in [0.1, 0.15) is 0 Å². The number of unbranched alkanes of at least 4 members (excludes halogenated alkanes) is 1. The molecule has 0 bridgehead atoms. The van der Waals surface area contributed by atoms with Gasteiger partial charge in [0.25, 0.3) is 5.69 Å². The van der Waals surface area contributed by atoms with Crippen LogP contribution in [0.3, 0.4) is 0 Å². The molecule has 1 aromatic rings. The number of nitrogens with zero attached hydrogens (tertiary/aromatic N) is 3. The minimum absolute atomic E-state index is 0.109. The number of nitro groups is 1. The van der Waals surface area contributed by atoms with Gasteiger partial charge in [-0.25, -0.2) is 0 Å². The van der Waals surface area contributed by atoms with Crippen LogP contribution in [0, 0.1) is 10.1 Å². The van der Waals surface area contributed by atoms with Crippen LogP contribution >= 0.6 is 0 Å². The van der Waals surface area contributed by atoms with Crippen molar-refractivity contribution in [3.63, 3.8) is 0 Å².